The zero-order chi connectivity index (χ0) is 55.0. The highest BCUT2D eigenvalue weighted by molar-refractivity contribution is 5.76. The molecule has 0 radical (unpaired) electrons. The molecule has 2 unspecified atom stereocenters. The zero-order valence-electron chi connectivity index (χ0n) is 51.8. The van der Waals surface area contributed by atoms with E-state index in [0.717, 1.165) is 38.5 Å². The van der Waals surface area contributed by atoms with Gasteiger partial charge in [0, 0.05) is 12.8 Å². The number of carbonyl (C=O) groups excluding carboxylic acids is 2. The summed E-state index contributed by atoms with van der Waals surface area (Å²) in [6.07, 6.45) is 81.2. The lowest BCUT2D eigenvalue weighted by Gasteiger charge is -2.22. The fourth-order valence-corrected chi connectivity index (χ4v) is 11.2. The number of hydrogen-bond acceptors (Lipinski definition) is 5. The predicted octanol–water partition coefficient (Wildman–Crippen LogP) is 22.4. The molecule has 0 saturated heterocycles. The Morgan fingerprint density at radius 3 is 0.934 bits per heavy atom. The molecule has 6 heteroatoms. The highest BCUT2D eigenvalue weighted by Gasteiger charge is 2.20. The number of unbranched alkanes of at least 4 members (excludes halogenated alkanes) is 53. The summed E-state index contributed by atoms with van der Waals surface area (Å²) in [4.78, 5) is 24.6. The van der Waals surface area contributed by atoms with Crippen molar-refractivity contribution in [2.24, 2.45) is 0 Å². The molecular weight excluding hydrogens is 935 g/mol. The van der Waals surface area contributed by atoms with E-state index in [4.69, 9.17) is 4.74 Å². The van der Waals surface area contributed by atoms with Gasteiger partial charge in [0.2, 0.25) is 5.91 Å². The Bertz CT molecular complexity index is 1140. The van der Waals surface area contributed by atoms with Crippen molar-refractivity contribution in [3.8, 4) is 0 Å². The third kappa shape index (κ3) is 61.8. The van der Waals surface area contributed by atoms with Gasteiger partial charge in [-0.2, -0.15) is 0 Å². The monoisotopic (exact) mass is 1070 g/mol. The van der Waals surface area contributed by atoms with Crippen LogP contribution in [0.5, 0.6) is 0 Å². The smallest absolute Gasteiger partial charge is 0.305 e. The lowest BCUT2D eigenvalue weighted by molar-refractivity contribution is -0.143. The number of aliphatic hydroxyl groups excluding tert-OH is 2. The topological polar surface area (TPSA) is 95.9 Å². The van der Waals surface area contributed by atoms with E-state index in [1.54, 1.807) is 0 Å². The summed E-state index contributed by atoms with van der Waals surface area (Å²) >= 11 is 0. The van der Waals surface area contributed by atoms with Crippen molar-refractivity contribution in [1.82, 2.24) is 5.32 Å². The molecule has 76 heavy (non-hydrogen) atoms. The first-order chi connectivity index (χ1) is 37.5. The molecule has 0 aromatic heterocycles. The third-order valence-corrected chi connectivity index (χ3v) is 16.6. The first-order valence-electron chi connectivity index (χ1n) is 34.9. The molecule has 0 aromatic rings. The number of allylic oxidation sites excluding steroid dienone is 2. The van der Waals surface area contributed by atoms with Gasteiger partial charge in [-0.1, -0.05) is 347 Å². The number of amides is 1. The molecule has 3 N–H and O–H groups in total. The quantitative estimate of drug-likeness (QED) is 0.0320. The summed E-state index contributed by atoms with van der Waals surface area (Å²) in [7, 11) is 0. The molecule has 0 aliphatic heterocycles. The molecule has 2 atom stereocenters. The highest BCUT2D eigenvalue weighted by Crippen LogP contribution is 2.19. The van der Waals surface area contributed by atoms with Gasteiger partial charge in [0.25, 0.3) is 0 Å². The van der Waals surface area contributed by atoms with E-state index >= 15 is 0 Å². The Hall–Kier alpha value is -1.40. The average molecular weight is 1070 g/mol. The fourth-order valence-electron chi connectivity index (χ4n) is 11.2. The Morgan fingerprint density at radius 1 is 0.355 bits per heavy atom. The van der Waals surface area contributed by atoms with E-state index in [0.29, 0.717) is 25.9 Å². The summed E-state index contributed by atoms with van der Waals surface area (Å²) in [5.74, 6) is -0.00910. The van der Waals surface area contributed by atoms with Crippen molar-refractivity contribution >= 4 is 11.9 Å². The maximum Gasteiger partial charge on any atom is 0.305 e. The van der Waals surface area contributed by atoms with Crippen LogP contribution in [0.3, 0.4) is 0 Å². The molecule has 0 bridgehead atoms. The van der Waals surface area contributed by atoms with Crippen molar-refractivity contribution in [3.05, 3.63) is 12.2 Å². The van der Waals surface area contributed by atoms with Gasteiger partial charge in [0.1, 0.15) is 0 Å². The molecule has 0 aromatic carbocycles. The Labute approximate surface area is 476 Å². The van der Waals surface area contributed by atoms with Gasteiger partial charge >= 0.3 is 5.97 Å². The fraction of sp³-hybridized carbons (Fsp3) is 0.943. The second kappa shape index (κ2) is 66.1. The Balaban J connectivity index is 3.33. The van der Waals surface area contributed by atoms with Gasteiger partial charge in [-0.25, -0.2) is 0 Å². The molecule has 0 spiro atoms. The molecule has 0 aliphatic carbocycles. The summed E-state index contributed by atoms with van der Waals surface area (Å²) in [5, 5.41) is 23.3. The minimum atomic E-state index is -0.661. The largest absolute Gasteiger partial charge is 0.466 e. The maximum absolute atomic E-state index is 12.5. The number of aliphatic hydroxyl groups is 2. The van der Waals surface area contributed by atoms with Crippen LogP contribution in [-0.4, -0.2) is 47.4 Å². The van der Waals surface area contributed by atoms with Crippen molar-refractivity contribution in [1.29, 1.82) is 0 Å². The second-order valence-electron chi connectivity index (χ2n) is 24.2. The van der Waals surface area contributed by atoms with Crippen molar-refractivity contribution in [2.45, 2.75) is 411 Å². The van der Waals surface area contributed by atoms with Crippen molar-refractivity contribution in [2.75, 3.05) is 13.2 Å². The van der Waals surface area contributed by atoms with E-state index in [1.807, 2.05) is 0 Å². The van der Waals surface area contributed by atoms with E-state index in [2.05, 4.69) is 31.3 Å². The highest BCUT2D eigenvalue weighted by atomic mass is 16.5. The lowest BCUT2D eigenvalue weighted by atomic mass is 10.0. The SMILES string of the molecule is CCCCCCCCCCCCCCCCCC(=O)OCCCCCCCCCCCCCC/C=C\CCCCCCCCCCCCCCCCCC(=O)NC(CO)C(O)CCCCCCCCCCCCCCC. The molecule has 452 valence electrons. The van der Waals surface area contributed by atoms with E-state index in [-0.39, 0.29) is 18.5 Å². The maximum atomic E-state index is 12.5. The van der Waals surface area contributed by atoms with Gasteiger partial charge in [0.05, 0.1) is 25.4 Å². The number of rotatable bonds is 66. The summed E-state index contributed by atoms with van der Waals surface area (Å²) in [6.45, 7) is 4.99. The van der Waals surface area contributed by atoms with Crippen LogP contribution in [0, 0.1) is 0 Å². The molecule has 1 amide bonds. The zero-order valence-corrected chi connectivity index (χ0v) is 51.8. The van der Waals surface area contributed by atoms with Crippen molar-refractivity contribution < 1.29 is 24.5 Å². The van der Waals surface area contributed by atoms with Crippen LogP contribution in [0.15, 0.2) is 12.2 Å². The van der Waals surface area contributed by atoms with Gasteiger partial charge in [-0.3, -0.25) is 9.59 Å². The minimum absolute atomic E-state index is 0.0214. The Kier molecular flexibility index (Phi) is 64.9. The van der Waals surface area contributed by atoms with Gasteiger partial charge in [-0.05, 0) is 51.4 Å². The summed E-state index contributed by atoms with van der Waals surface area (Å²) < 4.78 is 5.50. The normalized spacial score (nSPS) is 12.5. The van der Waals surface area contributed by atoms with E-state index in [9.17, 15) is 19.8 Å². The molecule has 6 nitrogen and oxygen atoms in total. The van der Waals surface area contributed by atoms with E-state index < -0.39 is 12.1 Å². The molecule has 0 aliphatic rings. The number of esters is 1. The first-order valence-corrected chi connectivity index (χ1v) is 34.9. The van der Waals surface area contributed by atoms with Crippen LogP contribution < -0.4 is 5.32 Å². The predicted molar refractivity (Wildman–Crippen MR) is 333 cm³/mol. The number of ether oxygens (including phenoxy) is 1. The molecular formula is C70H137NO5. The van der Waals surface area contributed by atoms with Gasteiger partial charge in [-0.15, -0.1) is 0 Å². The van der Waals surface area contributed by atoms with Crippen LogP contribution in [0.2, 0.25) is 0 Å². The Morgan fingerprint density at radius 2 is 0.618 bits per heavy atom. The van der Waals surface area contributed by atoms with E-state index in [1.165, 1.54) is 327 Å². The van der Waals surface area contributed by atoms with Crippen LogP contribution >= 0.6 is 0 Å². The molecule has 0 saturated carbocycles. The number of nitrogens with one attached hydrogen (secondary N) is 1. The number of carbonyl (C=O) groups is 2. The van der Waals surface area contributed by atoms with Gasteiger partial charge in [0.15, 0.2) is 0 Å². The van der Waals surface area contributed by atoms with Crippen molar-refractivity contribution in [3.63, 3.8) is 0 Å². The molecule has 0 heterocycles. The number of hydrogen-bond donors (Lipinski definition) is 3. The molecule has 0 rings (SSSR count). The minimum Gasteiger partial charge on any atom is -0.466 e. The van der Waals surface area contributed by atoms with Crippen LogP contribution in [-0.2, 0) is 14.3 Å². The molecule has 0 fully saturated rings. The van der Waals surface area contributed by atoms with Crippen LogP contribution in [0.1, 0.15) is 399 Å². The third-order valence-electron chi connectivity index (χ3n) is 16.6. The summed E-state index contributed by atoms with van der Waals surface area (Å²) in [5.41, 5.74) is 0. The average Bonchev–Trinajstić information content (AvgIpc) is 3.42. The first kappa shape index (κ1) is 74.6. The second-order valence-corrected chi connectivity index (χ2v) is 24.2. The van der Waals surface area contributed by atoms with Gasteiger partial charge < -0.3 is 20.3 Å². The standard InChI is InChI=1S/C70H137NO5/c1-3-5-7-9-11-13-15-17-35-40-44-48-52-56-60-64-70(75)76-65-61-57-53-49-45-41-37-34-32-30-28-26-24-22-20-18-19-21-23-25-27-29-31-33-36-39-43-47-51-55-59-63-69(74)71-67(66-72)68(73)62-58-54-50-46-42-38-16-14-12-10-8-6-4-2/h20,22,67-68,72-73H,3-19,21,23-66H2,1-2H3,(H,71,74)/b22-20-. The van der Waals surface area contributed by atoms with Crippen LogP contribution in [0.25, 0.3) is 0 Å². The lowest BCUT2D eigenvalue weighted by Crippen LogP contribution is -2.45. The summed E-state index contributed by atoms with van der Waals surface area (Å²) in [6, 6.07) is -0.538. The van der Waals surface area contributed by atoms with Crippen LogP contribution in [0.4, 0.5) is 0 Å².